The van der Waals surface area contributed by atoms with Crippen LogP contribution in [0.25, 0.3) is 0 Å². The Morgan fingerprint density at radius 2 is 1.88 bits per heavy atom. The molecule has 2 saturated carbocycles. The summed E-state index contributed by atoms with van der Waals surface area (Å²) in [7, 11) is 0. The van der Waals surface area contributed by atoms with Gasteiger partial charge in [-0.05, 0) is 73.6 Å². The van der Waals surface area contributed by atoms with Crippen LogP contribution in [0, 0.1) is 11.7 Å². The average Bonchev–Trinajstić information content (AvgIpc) is 3.50. The van der Waals surface area contributed by atoms with Crippen molar-refractivity contribution in [2.75, 3.05) is 4.90 Å². The number of carbonyl (C=O) groups excluding carboxylic acids is 2. The number of carboxylic acid groups (broad SMARTS) is 1. The molecule has 6 nitrogen and oxygen atoms in total. The number of amides is 1. The van der Waals surface area contributed by atoms with Crippen LogP contribution in [0.4, 0.5) is 10.1 Å². The molecule has 2 aromatic carbocycles. The molecule has 2 aliphatic carbocycles. The fraction of sp³-hybridized carbons (Fsp3) is 0.423. The van der Waals surface area contributed by atoms with Gasteiger partial charge in [0.1, 0.15) is 17.6 Å². The number of carbonyl (C=O) groups is 3. The molecule has 1 amide bonds. The van der Waals surface area contributed by atoms with Crippen molar-refractivity contribution in [2.24, 2.45) is 5.92 Å². The number of nitrogens with zero attached hydrogens (tertiary/aromatic N) is 1. The summed E-state index contributed by atoms with van der Waals surface area (Å²) in [6.07, 6.45) is 4.54. The number of aldehydes is 1. The van der Waals surface area contributed by atoms with Gasteiger partial charge in [-0.1, -0.05) is 24.1 Å². The van der Waals surface area contributed by atoms with E-state index >= 15 is 0 Å². The Bertz CT molecular complexity index is 1140. The van der Waals surface area contributed by atoms with E-state index in [1.807, 2.05) is 0 Å². The normalized spacial score (nSPS) is 25.2. The summed E-state index contributed by atoms with van der Waals surface area (Å²) in [6, 6.07) is 10.4. The van der Waals surface area contributed by atoms with E-state index in [1.54, 1.807) is 23.1 Å². The number of hydrogen-bond donors (Lipinski definition) is 2. The van der Waals surface area contributed by atoms with Gasteiger partial charge in [-0.3, -0.25) is 14.9 Å². The van der Waals surface area contributed by atoms with E-state index in [2.05, 4.69) is 5.32 Å². The number of nitrogens with one attached hydrogen (secondary N) is 1. The largest absolute Gasteiger partial charge is 0.480 e. The lowest BCUT2D eigenvalue weighted by Gasteiger charge is -2.50. The highest BCUT2D eigenvalue weighted by atomic mass is 35.5. The van der Waals surface area contributed by atoms with Crippen LogP contribution in [-0.4, -0.2) is 40.9 Å². The molecule has 3 aliphatic rings. The van der Waals surface area contributed by atoms with Crippen molar-refractivity contribution < 1.29 is 23.9 Å². The molecule has 4 unspecified atom stereocenters. The molecule has 1 heterocycles. The van der Waals surface area contributed by atoms with Gasteiger partial charge in [0.2, 0.25) is 0 Å². The molecule has 0 saturated heterocycles. The van der Waals surface area contributed by atoms with E-state index in [0.717, 1.165) is 25.7 Å². The van der Waals surface area contributed by atoms with E-state index < -0.39 is 23.2 Å². The Morgan fingerprint density at radius 3 is 2.53 bits per heavy atom. The van der Waals surface area contributed by atoms with Crippen LogP contribution in [0.2, 0.25) is 5.02 Å². The molecule has 0 bridgehead atoms. The van der Waals surface area contributed by atoms with Crippen molar-refractivity contribution in [1.82, 2.24) is 5.32 Å². The predicted octanol–water partition coefficient (Wildman–Crippen LogP) is 4.56. The molecule has 1 aliphatic heterocycles. The van der Waals surface area contributed by atoms with Crippen molar-refractivity contribution in [2.45, 2.75) is 62.1 Å². The van der Waals surface area contributed by atoms with Gasteiger partial charge in [-0.15, -0.1) is 0 Å². The molecule has 2 aromatic rings. The van der Waals surface area contributed by atoms with Gasteiger partial charge in [-0.2, -0.15) is 0 Å². The first-order valence-electron chi connectivity index (χ1n) is 11.7. The van der Waals surface area contributed by atoms with Gasteiger partial charge >= 0.3 is 5.97 Å². The maximum absolute atomic E-state index is 13.7. The molecule has 0 aromatic heterocycles. The van der Waals surface area contributed by atoms with Gasteiger partial charge < -0.3 is 14.8 Å². The number of benzene rings is 2. The summed E-state index contributed by atoms with van der Waals surface area (Å²) in [5.41, 5.74) is 0.137. The van der Waals surface area contributed by atoms with Gasteiger partial charge in [0.05, 0.1) is 0 Å². The molecule has 2 N–H and O–H groups in total. The van der Waals surface area contributed by atoms with Crippen LogP contribution < -0.4 is 10.2 Å². The molecule has 178 valence electrons. The Morgan fingerprint density at radius 1 is 1.15 bits per heavy atom. The highest BCUT2D eigenvalue weighted by molar-refractivity contribution is 6.31. The van der Waals surface area contributed by atoms with Crippen LogP contribution >= 0.6 is 11.6 Å². The summed E-state index contributed by atoms with van der Waals surface area (Å²) >= 11 is 6.36. The zero-order valence-corrected chi connectivity index (χ0v) is 19.3. The molecule has 8 heteroatoms. The van der Waals surface area contributed by atoms with E-state index in [-0.39, 0.29) is 30.3 Å². The Labute approximate surface area is 202 Å². The second-order valence-electron chi connectivity index (χ2n) is 9.59. The zero-order valence-electron chi connectivity index (χ0n) is 18.5. The monoisotopic (exact) mass is 484 g/mol. The number of hydrogen-bond acceptors (Lipinski definition) is 4. The third-order valence-corrected chi connectivity index (χ3v) is 7.78. The van der Waals surface area contributed by atoms with E-state index in [9.17, 15) is 23.9 Å². The molecule has 0 spiro atoms. The van der Waals surface area contributed by atoms with Crippen LogP contribution in [-0.2, 0) is 9.59 Å². The SMILES string of the molecule is O=CCC(NC1CC1)(C(=O)O)C1c2ccc(Cl)cc2N(C(=O)c2ccc(F)cc2)C2CCCC21. The van der Waals surface area contributed by atoms with Crippen molar-refractivity contribution in [3.8, 4) is 0 Å². The smallest absolute Gasteiger partial charge is 0.325 e. The number of fused-ring (bicyclic) bond motifs is 2. The molecule has 4 atom stereocenters. The second kappa shape index (κ2) is 8.78. The Balaban J connectivity index is 1.68. The molecular weight excluding hydrogens is 459 g/mol. The van der Waals surface area contributed by atoms with Crippen LogP contribution in [0.5, 0.6) is 0 Å². The summed E-state index contributed by atoms with van der Waals surface area (Å²) in [6.45, 7) is 0. The third kappa shape index (κ3) is 3.81. The lowest BCUT2D eigenvalue weighted by Crippen LogP contribution is -2.62. The minimum absolute atomic E-state index is 0.0607. The fourth-order valence-electron chi connectivity index (χ4n) is 5.98. The first-order chi connectivity index (χ1) is 16.4. The Kier molecular flexibility index (Phi) is 5.94. The highest BCUT2D eigenvalue weighted by Gasteiger charge is 2.58. The topological polar surface area (TPSA) is 86.7 Å². The van der Waals surface area contributed by atoms with Crippen molar-refractivity contribution in [1.29, 1.82) is 0 Å². The van der Waals surface area contributed by atoms with Gasteiger partial charge in [0.15, 0.2) is 0 Å². The number of anilines is 1. The summed E-state index contributed by atoms with van der Waals surface area (Å²) < 4.78 is 13.5. The lowest BCUT2D eigenvalue weighted by molar-refractivity contribution is -0.148. The van der Waals surface area contributed by atoms with Crippen LogP contribution in [0.15, 0.2) is 42.5 Å². The number of halogens is 2. The van der Waals surface area contributed by atoms with Crippen molar-refractivity contribution in [3.05, 3.63) is 64.4 Å². The first-order valence-corrected chi connectivity index (χ1v) is 12.1. The number of rotatable bonds is 7. The second-order valence-corrected chi connectivity index (χ2v) is 10.0. The van der Waals surface area contributed by atoms with E-state index in [4.69, 9.17) is 11.6 Å². The Hall–Kier alpha value is -2.77. The van der Waals surface area contributed by atoms with E-state index in [1.165, 1.54) is 24.3 Å². The molecule has 2 fully saturated rings. The summed E-state index contributed by atoms with van der Waals surface area (Å²) in [5, 5.41) is 14.2. The van der Waals surface area contributed by atoms with Crippen LogP contribution in [0.3, 0.4) is 0 Å². The third-order valence-electron chi connectivity index (χ3n) is 7.55. The van der Waals surface area contributed by atoms with E-state index in [0.29, 0.717) is 34.5 Å². The van der Waals surface area contributed by atoms with Crippen molar-refractivity contribution in [3.63, 3.8) is 0 Å². The predicted molar refractivity (Wildman–Crippen MR) is 126 cm³/mol. The van der Waals surface area contributed by atoms with Gasteiger partial charge in [0.25, 0.3) is 5.91 Å². The lowest BCUT2D eigenvalue weighted by atomic mass is 9.65. The van der Waals surface area contributed by atoms with Gasteiger partial charge in [-0.25, -0.2) is 4.39 Å². The molecule has 5 rings (SSSR count). The van der Waals surface area contributed by atoms with Gasteiger partial charge in [0, 0.05) is 40.7 Å². The summed E-state index contributed by atoms with van der Waals surface area (Å²) in [5.74, 6) is -2.41. The molecule has 0 radical (unpaired) electrons. The number of aliphatic carboxylic acids is 1. The van der Waals surface area contributed by atoms with Crippen LogP contribution in [0.1, 0.15) is 60.4 Å². The highest BCUT2D eigenvalue weighted by Crippen LogP contribution is 2.54. The first kappa shape index (κ1) is 23.0. The summed E-state index contributed by atoms with van der Waals surface area (Å²) in [4.78, 5) is 40.1. The minimum Gasteiger partial charge on any atom is -0.480 e. The maximum Gasteiger partial charge on any atom is 0.325 e. The maximum atomic E-state index is 13.7. The number of carboxylic acids is 1. The minimum atomic E-state index is -1.47. The fourth-order valence-corrected chi connectivity index (χ4v) is 6.15. The molecule has 34 heavy (non-hydrogen) atoms. The standard InChI is InChI=1S/C26H26ClFN2O4/c27-16-6-11-20-22(14-16)30(24(32)15-4-7-17(28)8-5-15)21-3-1-2-19(21)23(20)26(12-13-31,25(33)34)29-18-9-10-18/h4-8,11,13-14,18-19,21,23,29H,1-3,9-10,12H2,(H,33,34). The zero-order chi connectivity index (χ0) is 24.0. The average molecular weight is 485 g/mol. The molecular formula is C26H26ClFN2O4. The quantitative estimate of drug-likeness (QED) is 0.563. The van der Waals surface area contributed by atoms with Crippen molar-refractivity contribution >= 4 is 35.5 Å².